The van der Waals surface area contributed by atoms with Crippen LogP contribution in [0.2, 0.25) is 5.02 Å². The summed E-state index contributed by atoms with van der Waals surface area (Å²) >= 11 is 6.14. The molecule has 0 aliphatic rings. The number of hydrogen-bond donors (Lipinski definition) is 1. The van der Waals surface area contributed by atoms with E-state index in [2.05, 4.69) is 20.3 Å². The predicted molar refractivity (Wildman–Crippen MR) is 86.9 cm³/mol. The fraction of sp³-hybridized carbons (Fsp3) is 0.125. The molecule has 110 valence electrons. The molecule has 0 fully saturated rings. The Morgan fingerprint density at radius 1 is 1.23 bits per heavy atom. The number of anilines is 2. The van der Waals surface area contributed by atoms with Crippen molar-refractivity contribution in [3.05, 3.63) is 52.4 Å². The van der Waals surface area contributed by atoms with Crippen molar-refractivity contribution >= 4 is 40.4 Å². The van der Waals surface area contributed by atoms with Crippen LogP contribution in [0.15, 0.2) is 30.5 Å². The maximum atomic E-state index is 10.9. The van der Waals surface area contributed by atoms with Gasteiger partial charge in [0.05, 0.1) is 5.52 Å². The van der Waals surface area contributed by atoms with Crippen LogP contribution >= 0.6 is 11.6 Å². The Morgan fingerprint density at radius 3 is 2.82 bits per heavy atom. The molecule has 3 aromatic rings. The molecule has 0 radical (unpaired) electrons. The number of rotatable bonds is 3. The number of nitrogens with one attached hydrogen (secondary N) is 1. The van der Waals surface area contributed by atoms with Gasteiger partial charge in [0, 0.05) is 22.5 Å². The Bertz CT molecular complexity index is 879. The number of pyridine rings is 1. The van der Waals surface area contributed by atoms with Gasteiger partial charge < -0.3 is 5.32 Å². The van der Waals surface area contributed by atoms with Gasteiger partial charge in [-0.3, -0.25) is 4.79 Å². The van der Waals surface area contributed by atoms with Crippen molar-refractivity contribution in [2.45, 2.75) is 13.8 Å². The van der Waals surface area contributed by atoms with Crippen molar-refractivity contribution in [3.8, 4) is 0 Å². The fourth-order valence-corrected chi connectivity index (χ4v) is 2.35. The van der Waals surface area contributed by atoms with Crippen LogP contribution in [0.4, 0.5) is 11.5 Å². The first-order chi connectivity index (χ1) is 10.6. The van der Waals surface area contributed by atoms with E-state index < -0.39 is 0 Å². The highest BCUT2D eigenvalue weighted by Gasteiger charge is 2.10. The number of carbonyl (C=O) groups excluding carboxylic acids is 1. The minimum Gasteiger partial charge on any atom is -0.338 e. The van der Waals surface area contributed by atoms with Gasteiger partial charge in [-0.25, -0.2) is 15.0 Å². The molecule has 6 heteroatoms. The fourth-order valence-electron chi connectivity index (χ4n) is 2.17. The summed E-state index contributed by atoms with van der Waals surface area (Å²) in [6.45, 7) is 3.72. The number of aryl methyl sites for hydroxylation is 1. The van der Waals surface area contributed by atoms with Crippen LogP contribution in [0.1, 0.15) is 21.7 Å². The van der Waals surface area contributed by atoms with Crippen LogP contribution in [-0.4, -0.2) is 21.2 Å². The lowest BCUT2D eigenvalue weighted by Gasteiger charge is -2.12. The number of hydrogen-bond acceptors (Lipinski definition) is 5. The van der Waals surface area contributed by atoms with Crippen molar-refractivity contribution in [2.24, 2.45) is 0 Å². The minimum absolute atomic E-state index is 0.482. The van der Waals surface area contributed by atoms with Crippen molar-refractivity contribution in [1.29, 1.82) is 0 Å². The molecule has 0 saturated heterocycles. The zero-order valence-corrected chi connectivity index (χ0v) is 12.8. The second-order valence-corrected chi connectivity index (χ2v) is 5.32. The Balaban J connectivity index is 2.14. The molecule has 0 aliphatic carbocycles. The SMILES string of the molecule is Cc1nc(Nc2cccc(Cl)c2C)c2ncc(C=O)cc2n1. The molecule has 2 heterocycles. The highest BCUT2D eigenvalue weighted by Crippen LogP contribution is 2.28. The van der Waals surface area contributed by atoms with Crippen molar-refractivity contribution in [2.75, 3.05) is 5.32 Å². The van der Waals surface area contributed by atoms with E-state index in [1.807, 2.05) is 25.1 Å². The molecular weight excluding hydrogens is 300 g/mol. The lowest BCUT2D eigenvalue weighted by molar-refractivity contribution is 0.112. The summed E-state index contributed by atoms with van der Waals surface area (Å²) in [6, 6.07) is 7.32. The van der Waals surface area contributed by atoms with E-state index >= 15 is 0 Å². The van der Waals surface area contributed by atoms with E-state index in [1.165, 1.54) is 6.20 Å². The molecule has 3 rings (SSSR count). The third-order valence-electron chi connectivity index (χ3n) is 3.33. The first kappa shape index (κ1) is 14.4. The number of fused-ring (bicyclic) bond motifs is 1. The first-order valence-electron chi connectivity index (χ1n) is 6.70. The molecule has 0 spiro atoms. The van der Waals surface area contributed by atoms with Gasteiger partial charge in [-0.2, -0.15) is 0 Å². The predicted octanol–water partition coefficient (Wildman–Crippen LogP) is 3.85. The van der Waals surface area contributed by atoms with E-state index in [4.69, 9.17) is 11.6 Å². The molecule has 0 unspecified atom stereocenters. The molecule has 0 atom stereocenters. The molecule has 1 N–H and O–H groups in total. The number of carbonyl (C=O) groups is 1. The summed E-state index contributed by atoms with van der Waals surface area (Å²) in [5.41, 5.74) is 3.50. The lowest BCUT2D eigenvalue weighted by atomic mass is 10.2. The highest BCUT2D eigenvalue weighted by atomic mass is 35.5. The minimum atomic E-state index is 0.482. The summed E-state index contributed by atoms with van der Waals surface area (Å²) in [5.74, 6) is 1.19. The molecular formula is C16H13ClN4O. The van der Waals surface area contributed by atoms with Crippen LogP contribution in [0.5, 0.6) is 0 Å². The average molecular weight is 313 g/mol. The van der Waals surface area contributed by atoms with Gasteiger partial charge in [-0.15, -0.1) is 0 Å². The summed E-state index contributed by atoms with van der Waals surface area (Å²) in [7, 11) is 0. The average Bonchev–Trinajstić information content (AvgIpc) is 2.51. The molecule has 0 amide bonds. The highest BCUT2D eigenvalue weighted by molar-refractivity contribution is 6.31. The largest absolute Gasteiger partial charge is 0.338 e. The van der Waals surface area contributed by atoms with Crippen LogP contribution in [-0.2, 0) is 0 Å². The van der Waals surface area contributed by atoms with Gasteiger partial charge in [-0.1, -0.05) is 17.7 Å². The van der Waals surface area contributed by atoms with Crippen molar-refractivity contribution in [1.82, 2.24) is 15.0 Å². The molecule has 0 bridgehead atoms. The number of aromatic nitrogens is 3. The molecule has 22 heavy (non-hydrogen) atoms. The second-order valence-electron chi connectivity index (χ2n) is 4.91. The molecule has 1 aromatic carbocycles. The third-order valence-corrected chi connectivity index (χ3v) is 3.74. The van der Waals surface area contributed by atoms with E-state index in [9.17, 15) is 4.79 Å². The number of benzene rings is 1. The van der Waals surface area contributed by atoms with Gasteiger partial charge in [0.2, 0.25) is 0 Å². The van der Waals surface area contributed by atoms with E-state index in [1.54, 1.807) is 13.0 Å². The maximum absolute atomic E-state index is 10.9. The molecule has 0 aliphatic heterocycles. The Morgan fingerprint density at radius 2 is 2.05 bits per heavy atom. The van der Waals surface area contributed by atoms with Gasteiger partial charge >= 0.3 is 0 Å². The normalized spacial score (nSPS) is 10.7. The van der Waals surface area contributed by atoms with Crippen LogP contribution < -0.4 is 5.32 Å². The standard InChI is InChI=1S/C16H13ClN4O/c1-9-12(17)4-3-5-13(9)21-16-15-14(19-10(2)20-16)6-11(8-22)7-18-15/h3-8H,1-2H3,(H,19,20,21). The first-order valence-corrected chi connectivity index (χ1v) is 7.08. The second kappa shape index (κ2) is 5.69. The van der Waals surface area contributed by atoms with Gasteiger partial charge in [0.1, 0.15) is 11.3 Å². The number of nitrogens with zero attached hydrogens (tertiary/aromatic N) is 3. The zero-order chi connectivity index (χ0) is 15.7. The van der Waals surface area contributed by atoms with Gasteiger partial charge in [0.15, 0.2) is 12.1 Å². The van der Waals surface area contributed by atoms with Crippen LogP contribution in [0.25, 0.3) is 11.0 Å². The van der Waals surface area contributed by atoms with E-state index in [0.717, 1.165) is 17.5 Å². The Labute approximate surface area is 132 Å². The number of halogens is 1. The molecule has 2 aromatic heterocycles. The van der Waals surface area contributed by atoms with E-state index in [0.29, 0.717) is 33.3 Å². The van der Waals surface area contributed by atoms with Gasteiger partial charge in [0.25, 0.3) is 0 Å². The van der Waals surface area contributed by atoms with E-state index in [-0.39, 0.29) is 0 Å². The quantitative estimate of drug-likeness (QED) is 0.744. The topological polar surface area (TPSA) is 67.8 Å². The Hall–Kier alpha value is -2.53. The summed E-state index contributed by atoms with van der Waals surface area (Å²) < 4.78 is 0. The summed E-state index contributed by atoms with van der Waals surface area (Å²) in [6.07, 6.45) is 2.25. The van der Waals surface area contributed by atoms with Crippen LogP contribution in [0, 0.1) is 13.8 Å². The zero-order valence-electron chi connectivity index (χ0n) is 12.1. The number of aldehydes is 1. The monoisotopic (exact) mass is 312 g/mol. The smallest absolute Gasteiger partial charge is 0.160 e. The van der Waals surface area contributed by atoms with Crippen LogP contribution in [0.3, 0.4) is 0 Å². The van der Waals surface area contributed by atoms with Gasteiger partial charge in [-0.05, 0) is 37.6 Å². The Kier molecular flexibility index (Phi) is 3.73. The lowest BCUT2D eigenvalue weighted by Crippen LogP contribution is -2.02. The molecule has 0 saturated carbocycles. The third kappa shape index (κ3) is 2.63. The summed E-state index contributed by atoms with van der Waals surface area (Å²) in [4.78, 5) is 23.9. The maximum Gasteiger partial charge on any atom is 0.160 e. The van der Waals surface area contributed by atoms with Crippen molar-refractivity contribution < 1.29 is 4.79 Å². The molecule has 5 nitrogen and oxygen atoms in total. The van der Waals surface area contributed by atoms with Crippen molar-refractivity contribution in [3.63, 3.8) is 0 Å². The summed E-state index contributed by atoms with van der Waals surface area (Å²) in [5, 5.41) is 3.93.